The van der Waals surface area contributed by atoms with E-state index >= 15 is 0 Å². The first kappa shape index (κ1) is 12.9. The minimum absolute atomic E-state index is 0.0589. The summed E-state index contributed by atoms with van der Waals surface area (Å²) in [4.78, 5) is 25.7. The van der Waals surface area contributed by atoms with E-state index in [0.29, 0.717) is 15.2 Å². The Kier molecular flexibility index (Phi) is 3.84. The molecule has 0 spiro atoms. The van der Waals surface area contributed by atoms with Crippen LogP contribution in [0.15, 0.2) is 45.8 Å². The molecule has 0 aliphatic rings. The summed E-state index contributed by atoms with van der Waals surface area (Å²) in [7, 11) is 0. The van der Waals surface area contributed by atoms with Gasteiger partial charge in [-0.25, -0.2) is 0 Å². The number of amides is 1. The second-order valence-corrected chi connectivity index (χ2v) is 4.76. The molecular formula is C12H8BrClN2O2. The smallest absolute Gasteiger partial charge is 0.261 e. The van der Waals surface area contributed by atoms with Gasteiger partial charge in [0, 0.05) is 16.4 Å². The summed E-state index contributed by atoms with van der Waals surface area (Å²) < 4.78 is 0.670. The SMILES string of the molecule is O=C(Nc1ccc(Cl)c(Br)c1)c1ccc[nH]c1=O. The van der Waals surface area contributed by atoms with E-state index in [1.54, 1.807) is 24.3 Å². The van der Waals surface area contributed by atoms with Crippen molar-refractivity contribution in [2.45, 2.75) is 0 Å². The van der Waals surface area contributed by atoms with Crippen LogP contribution in [0.2, 0.25) is 5.02 Å². The Hall–Kier alpha value is -1.59. The second-order valence-electron chi connectivity index (χ2n) is 3.50. The van der Waals surface area contributed by atoms with Crippen LogP contribution in [0.25, 0.3) is 0 Å². The van der Waals surface area contributed by atoms with E-state index in [1.165, 1.54) is 12.3 Å². The number of anilines is 1. The second kappa shape index (κ2) is 5.37. The summed E-state index contributed by atoms with van der Waals surface area (Å²) in [5, 5.41) is 3.17. The number of carbonyl (C=O) groups excluding carboxylic acids is 1. The van der Waals surface area contributed by atoms with Crippen molar-refractivity contribution >= 4 is 39.1 Å². The highest BCUT2D eigenvalue weighted by molar-refractivity contribution is 9.10. The fraction of sp³-hybridized carbons (Fsp3) is 0. The van der Waals surface area contributed by atoms with Crippen molar-refractivity contribution < 1.29 is 4.79 Å². The first-order valence-corrected chi connectivity index (χ1v) is 6.19. The van der Waals surface area contributed by atoms with E-state index in [-0.39, 0.29) is 5.56 Å². The zero-order valence-corrected chi connectivity index (χ0v) is 11.4. The zero-order valence-electron chi connectivity index (χ0n) is 9.04. The first-order valence-electron chi connectivity index (χ1n) is 5.02. The van der Waals surface area contributed by atoms with Gasteiger partial charge in [0.25, 0.3) is 11.5 Å². The molecule has 2 rings (SSSR count). The van der Waals surface area contributed by atoms with Crippen LogP contribution in [0.5, 0.6) is 0 Å². The topological polar surface area (TPSA) is 62.0 Å². The lowest BCUT2D eigenvalue weighted by molar-refractivity contribution is 0.102. The normalized spacial score (nSPS) is 10.1. The number of carbonyl (C=O) groups is 1. The molecule has 0 aliphatic carbocycles. The van der Waals surface area contributed by atoms with Gasteiger partial charge >= 0.3 is 0 Å². The maximum atomic E-state index is 11.9. The van der Waals surface area contributed by atoms with Crippen molar-refractivity contribution in [3.05, 3.63) is 61.9 Å². The molecule has 4 nitrogen and oxygen atoms in total. The van der Waals surface area contributed by atoms with Gasteiger partial charge < -0.3 is 10.3 Å². The van der Waals surface area contributed by atoms with Crippen molar-refractivity contribution in [2.24, 2.45) is 0 Å². The Morgan fingerprint density at radius 3 is 2.78 bits per heavy atom. The molecule has 92 valence electrons. The van der Waals surface area contributed by atoms with Crippen LogP contribution in [0.1, 0.15) is 10.4 Å². The van der Waals surface area contributed by atoms with E-state index in [9.17, 15) is 9.59 Å². The van der Waals surface area contributed by atoms with E-state index < -0.39 is 11.5 Å². The third kappa shape index (κ3) is 2.80. The summed E-state index contributed by atoms with van der Waals surface area (Å²) in [6.07, 6.45) is 1.47. The Labute approximate surface area is 116 Å². The largest absolute Gasteiger partial charge is 0.328 e. The molecule has 0 bridgehead atoms. The zero-order chi connectivity index (χ0) is 13.1. The van der Waals surface area contributed by atoms with Crippen LogP contribution in [0, 0.1) is 0 Å². The van der Waals surface area contributed by atoms with Gasteiger partial charge in [-0.05, 0) is 46.3 Å². The van der Waals surface area contributed by atoms with Gasteiger partial charge in [0.05, 0.1) is 5.02 Å². The Balaban J connectivity index is 2.24. The van der Waals surface area contributed by atoms with E-state index in [1.807, 2.05) is 0 Å². The number of aromatic nitrogens is 1. The number of rotatable bonds is 2. The molecule has 0 radical (unpaired) electrons. The van der Waals surface area contributed by atoms with Gasteiger partial charge in [0.1, 0.15) is 5.56 Å². The summed E-state index contributed by atoms with van der Waals surface area (Å²) in [6, 6.07) is 8.02. The maximum Gasteiger partial charge on any atom is 0.261 e. The van der Waals surface area contributed by atoms with Crippen LogP contribution in [-0.2, 0) is 0 Å². The van der Waals surface area contributed by atoms with Crippen molar-refractivity contribution in [3.63, 3.8) is 0 Å². The van der Waals surface area contributed by atoms with Crippen molar-refractivity contribution in [2.75, 3.05) is 5.32 Å². The van der Waals surface area contributed by atoms with E-state index in [0.717, 1.165) is 0 Å². The van der Waals surface area contributed by atoms with Crippen molar-refractivity contribution in [3.8, 4) is 0 Å². The van der Waals surface area contributed by atoms with Crippen LogP contribution in [0.3, 0.4) is 0 Å². The summed E-state index contributed by atoms with van der Waals surface area (Å²) in [5.74, 6) is -0.467. The van der Waals surface area contributed by atoms with Gasteiger partial charge in [-0.1, -0.05) is 11.6 Å². The van der Waals surface area contributed by atoms with Gasteiger partial charge in [-0.3, -0.25) is 9.59 Å². The fourth-order valence-electron chi connectivity index (χ4n) is 1.37. The van der Waals surface area contributed by atoms with Gasteiger partial charge in [-0.2, -0.15) is 0 Å². The Morgan fingerprint density at radius 2 is 2.11 bits per heavy atom. The maximum absolute atomic E-state index is 11.9. The van der Waals surface area contributed by atoms with Crippen LogP contribution < -0.4 is 10.9 Å². The van der Waals surface area contributed by atoms with Crippen molar-refractivity contribution in [1.29, 1.82) is 0 Å². The molecule has 18 heavy (non-hydrogen) atoms. The molecule has 0 unspecified atom stereocenters. The third-order valence-corrected chi connectivity index (χ3v) is 3.45. The highest BCUT2D eigenvalue weighted by atomic mass is 79.9. The molecule has 1 heterocycles. The van der Waals surface area contributed by atoms with Crippen LogP contribution in [0.4, 0.5) is 5.69 Å². The summed E-state index contributed by atoms with van der Waals surface area (Å²) in [5.41, 5.74) is 0.186. The molecule has 0 fully saturated rings. The Morgan fingerprint density at radius 1 is 1.33 bits per heavy atom. The molecule has 2 aromatic rings. The number of nitrogens with one attached hydrogen (secondary N) is 2. The predicted molar refractivity (Wildman–Crippen MR) is 74.2 cm³/mol. The predicted octanol–water partition coefficient (Wildman–Crippen LogP) is 3.04. The molecule has 0 atom stereocenters. The number of halogens is 2. The van der Waals surface area contributed by atoms with Crippen LogP contribution >= 0.6 is 27.5 Å². The molecule has 1 aromatic carbocycles. The van der Waals surface area contributed by atoms with Gasteiger partial charge in [0.2, 0.25) is 0 Å². The van der Waals surface area contributed by atoms with Gasteiger partial charge in [0.15, 0.2) is 0 Å². The summed E-state index contributed by atoms with van der Waals surface area (Å²) in [6.45, 7) is 0. The molecule has 0 saturated heterocycles. The first-order chi connectivity index (χ1) is 8.58. The number of pyridine rings is 1. The number of H-pyrrole nitrogens is 1. The number of hydrogen-bond donors (Lipinski definition) is 2. The number of benzene rings is 1. The fourth-order valence-corrected chi connectivity index (χ4v) is 1.87. The third-order valence-electron chi connectivity index (χ3n) is 2.24. The molecule has 0 aliphatic heterocycles. The highest BCUT2D eigenvalue weighted by Gasteiger charge is 2.10. The van der Waals surface area contributed by atoms with E-state index in [4.69, 9.17) is 11.6 Å². The molecule has 1 amide bonds. The van der Waals surface area contributed by atoms with Crippen molar-refractivity contribution in [1.82, 2.24) is 4.98 Å². The lowest BCUT2D eigenvalue weighted by Gasteiger charge is -2.05. The lowest BCUT2D eigenvalue weighted by Crippen LogP contribution is -2.22. The highest BCUT2D eigenvalue weighted by Crippen LogP contribution is 2.25. The quantitative estimate of drug-likeness (QED) is 0.890. The Bertz CT molecular complexity index is 655. The lowest BCUT2D eigenvalue weighted by atomic mass is 10.2. The molecular weight excluding hydrogens is 320 g/mol. The van der Waals surface area contributed by atoms with Gasteiger partial charge in [-0.15, -0.1) is 0 Å². The van der Waals surface area contributed by atoms with Crippen LogP contribution in [-0.4, -0.2) is 10.9 Å². The molecule has 0 saturated carbocycles. The summed E-state index contributed by atoms with van der Waals surface area (Å²) >= 11 is 9.10. The minimum atomic E-state index is -0.467. The van der Waals surface area contributed by atoms with E-state index in [2.05, 4.69) is 26.2 Å². The standard InChI is InChI=1S/C12H8BrClN2O2/c13-9-6-7(3-4-10(9)14)16-12(18)8-2-1-5-15-11(8)17/h1-6H,(H,15,17)(H,16,18). The monoisotopic (exact) mass is 326 g/mol. The number of aromatic amines is 1. The average molecular weight is 328 g/mol. The molecule has 1 aromatic heterocycles. The minimum Gasteiger partial charge on any atom is -0.328 e. The average Bonchev–Trinajstić information content (AvgIpc) is 2.34. The molecule has 6 heteroatoms. The number of hydrogen-bond acceptors (Lipinski definition) is 2. The molecule has 2 N–H and O–H groups in total.